The molecule has 0 radical (unpaired) electrons. The number of piperidine rings is 1. The van der Waals surface area contributed by atoms with Crippen molar-refractivity contribution in [3.63, 3.8) is 0 Å². The molecule has 1 unspecified atom stereocenters. The molecule has 1 saturated heterocycles. The van der Waals surface area contributed by atoms with Gasteiger partial charge in [-0.05, 0) is 19.8 Å². The Hall–Kier alpha value is -1.13. The van der Waals surface area contributed by atoms with Crippen LogP contribution in [0.15, 0.2) is 0 Å². The van der Waals surface area contributed by atoms with E-state index in [0.29, 0.717) is 25.9 Å². The van der Waals surface area contributed by atoms with Crippen LogP contribution in [0.4, 0.5) is 0 Å². The van der Waals surface area contributed by atoms with E-state index in [0.717, 1.165) is 0 Å². The largest absolute Gasteiger partial charge is 0.354 e. The molecule has 0 bridgehead atoms. The van der Waals surface area contributed by atoms with Gasteiger partial charge in [-0.15, -0.1) is 0 Å². The Balaban J connectivity index is 2.58. The first-order valence-corrected chi connectivity index (χ1v) is 7.04. The van der Waals surface area contributed by atoms with Gasteiger partial charge in [0.05, 0.1) is 6.07 Å². The number of amides is 1. The van der Waals surface area contributed by atoms with E-state index in [2.05, 4.69) is 5.32 Å². The van der Waals surface area contributed by atoms with Crippen molar-refractivity contribution in [3.05, 3.63) is 0 Å². The monoisotopic (exact) mass is 259 g/mol. The van der Waals surface area contributed by atoms with Gasteiger partial charge in [0.1, 0.15) is 0 Å². The average Bonchev–Trinajstić information content (AvgIpc) is 2.27. The molecule has 7 heteroatoms. The quantitative estimate of drug-likeness (QED) is 0.761. The Morgan fingerprint density at radius 3 is 2.41 bits per heavy atom. The third-order valence-electron chi connectivity index (χ3n) is 2.85. The molecule has 1 aliphatic heterocycles. The number of nitrogens with zero attached hydrogens (tertiary/aromatic N) is 2. The summed E-state index contributed by atoms with van der Waals surface area (Å²) in [6.45, 7) is 3.55. The van der Waals surface area contributed by atoms with Crippen LogP contribution in [0.25, 0.3) is 0 Å². The third kappa shape index (κ3) is 3.41. The fraction of sp³-hybridized carbons (Fsp3) is 0.800. The van der Waals surface area contributed by atoms with E-state index >= 15 is 0 Å². The van der Waals surface area contributed by atoms with Gasteiger partial charge in [-0.2, -0.15) is 5.26 Å². The van der Waals surface area contributed by atoms with Gasteiger partial charge in [0, 0.05) is 26.1 Å². The zero-order valence-corrected chi connectivity index (χ0v) is 10.8. The van der Waals surface area contributed by atoms with Crippen molar-refractivity contribution >= 4 is 15.9 Å². The lowest BCUT2D eigenvalue weighted by molar-refractivity contribution is -0.119. The fourth-order valence-electron chi connectivity index (χ4n) is 1.83. The molecule has 1 rings (SSSR count). The summed E-state index contributed by atoms with van der Waals surface area (Å²) in [6, 6.07) is 1.78. The van der Waals surface area contributed by atoms with E-state index in [-0.39, 0.29) is 11.9 Å². The fourth-order valence-corrected chi connectivity index (χ4v) is 3.13. The molecular weight excluding hydrogens is 242 g/mol. The molecule has 1 atom stereocenters. The zero-order valence-electron chi connectivity index (χ0n) is 10.0. The van der Waals surface area contributed by atoms with Gasteiger partial charge in [-0.1, -0.05) is 0 Å². The molecule has 1 N–H and O–H groups in total. The van der Waals surface area contributed by atoms with Gasteiger partial charge < -0.3 is 5.32 Å². The van der Waals surface area contributed by atoms with Crippen LogP contribution in [0, 0.1) is 11.3 Å². The van der Waals surface area contributed by atoms with Crippen molar-refractivity contribution < 1.29 is 13.2 Å². The molecule has 1 aliphatic rings. The van der Waals surface area contributed by atoms with E-state index in [1.807, 2.05) is 0 Å². The van der Waals surface area contributed by atoms with Crippen LogP contribution in [0.1, 0.15) is 26.7 Å². The highest BCUT2D eigenvalue weighted by Gasteiger charge is 2.32. The summed E-state index contributed by atoms with van der Waals surface area (Å²) in [4.78, 5) is 10.9. The van der Waals surface area contributed by atoms with Gasteiger partial charge in [0.2, 0.25) is 15.9 Å². The van der Waals surface area contributed by atoms with Crippen molar-refractivity contribution in [2.75, 3.05) is 13.1 Å². The van der Waals surface area contributed by atoms with Crippen LogP contribution in [0.5, 0.6) is 0 Å². The third-order valence-corrected chi connectivity index (χ3v) is 4.93. The molecule has 0 aromatic heterocycles. The molecule has 1 amide bonds. The normalized spacial score (nSPS) is 20.5. The number of carbonyl (C=O) groups is 1. The predicted octanol–water partition coefficient (Wildman–Crippen LogP) is -0.171. The van der Waals surface area contributed by atoms with Gasteiger partial charge in [0.15, 0.2) is 5.25 Å². The highest BCUT2D eigenvalue weighted by molar-refractivity contribution is 7.89. The lowest BCUT2D eigenvalue weighted by Gasteiger charge is -2.31. The average molecular weight is 259 g/mol. The van der Waals surface area contributed by atoms with Crippen molar-refractivity contribution in [1.82, 2.24) is 9.62 Å². The molecule has 17 heavy (non-hydrogen) atoms. The second-order valence-corrected chi connectivity index (χ2v) is 6.44. The summed E-state index contributed by atoms with van der Waals surface area (Å²) in [5.74, 6) is -0.100. The molecule has 0 aliphatic carbocycles. The number of sulfonamides is 1. The smallest absolute Gasteiger partial charge is 0.230 e. The molecule has 1 fully saturated rings. The highest BCUT2D eigenvalue weighted by atomic mass is 32.2. The van der Waals surface area contributed by atoms with Crippen molar-refractivity contribution in [1.29, 1.82) is 5.26 Å². The second-order valence-electron chi connectivity index (χ2n) is 4.19. The molecule has 0 spiro atoms. The topological polar surface area (TPSA) is 90.3 Å². The van der Waals surface area contributed by atoms with Gasteiger partial charge in [0.25, 0.3) is 0 Å². The SMILES string of the molecule is CC(=O)NC1CCN(S(=O)(=O)C(C)C#N)CC1. The number of hydrogen-bond acceptors (Lipinski definition) is 4. The van der Waals surface area contributed by atoms with Crippen LogP contribution in [-0.4, -0.2) is 43.0 Å². The summed E-state index contributed by atoms with van der Waals surface area (Å²) in [6.07, 6.45) is 1.19. The lowest BCUT2D eigenvalue weighted by Crippen LogP contribution is -2.47. The Kier molecular flexibility index (Phi) is 4.48. The number of rotatable bonds is 3. The first-order valence-electron chi connectivity index (χ1n) is 5.53. The number of nitriles is 1. The van der Waals surface area contributed by atoms with E-state index in [4.69, 9.17) is 5.26 Å². The van der Waals surface area contributed by atoms with Gasteiger partial charge >= 0.3 is 0 Å². The molecule has 0 saturated carbocycles. The van der Waals surface area contributed by atoms with Gasteiger partial charge in [-0.3, -0.25) is 4.79 Å². The van der Waals surface area contributed by atoms with Gasteiger partial charge in [-0.25, -0.2) is 12.7 Å². The van der Waals surface area contributed by atoms with Crippen LogP contribution < -0.4 is 5.32 Å². The minimum absolute atomic E-state index is 0.0383. The second kappa shape index (κ2) is 5.47. The van der Waals surface area contributed by atoms with Crippen molar-refractivity contribution in [2.45, 2.75) is 38.0 Å². The number of carbonyl (C=O) groups excluding carboxylic acids is 1. The summed E-state index contributed by atoms with van der Waals surface area (Å²) in [5.41, 5.74) is 0. The van der Waals surface area contributed by atoms with E-state index in [1.165, 1.54) is 18.2 Å². The minimum Gasteiger partial charge on any atom is -0.354 e. The maximum absolute atomic E-state index is 11.9. The Morgan fingerprint density at radius 1 is 1.47 bits per heavy atom. The van der Waals surface area contributed by atoms with Crippen LogP contribution >= 0.6 is 0 Å². The molecule has 6 nitrogen and oxygen atoms in total. The molecule has 0 aromatic rings. The predicted molar refractivity (Wildman–Crippen MR) is 62.4 cm³/mol. The molecule has 96 valence electrons. The van der Waals surface area contributed by atoms with Crippen LogP contribution in [-0.2, 0) is 14.8 Å². The van der Waals surface area contributed by atoms with Crippen molar-refractivity contribution in [2.24, 2.45) is 0 Å². The Bertz CT molecular complexity index is 419. The summed E-state index contributed by atoms with van der Waals surface area (Å²) in [7, 11) is -3.50. The van der Waals surface area contributed by atoms with E-state index < -0.39 is 15.3 Å². The molecule has 0 aromatic carbocycles. The minimum atomic E-state index is -3.50. The zero-order chi connectivity index (χ0) is 13.1. The standard InChI is InChI=1S/C10H17N3O3S/c1-8(7-11)17(15,16)13-5-3-10(4-6-13)12-9(2)14/h8,10H,3-6H2,1-2H3,(H,12,14). The Morgan fingerprint density at radius 2 is 2.00 bits per heavy atom. The highest BCUT2D eigenvalue weighted by Crippen LogP contribution is 2.17. The van der Waals surface area contributed by atoms with E-state index in [9.17, 15) is 13.2 Å². The number of hydrogen-bond donors (Lipinski definition) is 1. The summed E-state index contributed by atoms with van der Waals surface area (Å²) < 4.78 is 25.1. The number of nitrogens with one attached hydrogen (secondary N) is 1. The summed E-state index contributed by atoms with van der Waals surface area (Å²) in [5, 5.41) is 10.4. The van der Waals surface area contributed by atoms with E-state index in [1.54, 1.807) is 6.07 Å². The maximum Gasteiger partial charge on any atom is 0.230 e. The molecular formula is C10H17N3O3S. The van der Waals surface area contributed by atoms with Crippen LogP contribution in [0.2, 0.25) is 0 Å². The molecule has 1 heterocycles. The summed E-state index contributed by atoms with van der Waals surface area (Å²) >= 11 is 0. The first kappa shape index (κ1) is 13.9. The Labute approximate surface area is 102 Å². The lowest BCUT2D eigenvalue weighted by atomic mass is 10.1. The van der Waals surface area contributed by atoms with Crippen molar-refractivity contribution in [3.8, 4) is 6.07 Å². The maximum atomic E-state index is 11.9. The first-order chi connectivity index (χ1) is 7.87. The van der Waals surface area contributed by atoms with Crippen LogP contribution in [0.3, 0.4) is 0 Å².